The highest BCUT2D eigenvalue weighted by atomic mass is 19.1. The Hall–Kier alpha value is -2.18. The topological polar surface area (TPSA) is 89.7 Å². The van der Waals surface area contributed by atoms with Crippen LogP contribution in [0, 0.1) is 15.9 Å². The molecule has 0 heterocycles. The molecule has 86 valence electrons. The first-order valence-electron chi connectivity index (χ1n) is 4.25. The van der Waals surface area contributed by atoms with E-state index in [-0.39, 0.29) is 5.75 Å². The van der Waals surface area contributed by atoms with E-state index < -0.39 is 28.5 Å². The summed E-state index contributed by atoms with van der Waals surface area (Å²) in [6.07, 6.45) is -1.15. The number of carbonyl (C=O) groups is 1. The molecular weight excluding hydrogens is 221 g/mol. The van der Waals surface area contributed by atoms with Crippen molar-refractivity contribution in [2.45, 2.75) is 13.0 Å². The Balaban J connectivity index is 2.89. The third kappa shape index (κ3) is 2.66. The smallest absolute Gasteiger partial charge is 0.344 e. The summed E-state index contributed by atoms with van der Waals surface area (Å²) < 4.78 is 17.9. The van der Waals surface area contributed by atoms with Gasteiger partial charge in [0.05, 0.1) is 4.92 Å². The number of nitrogens with zero attached hydrogens (tertiary/aromatic N) is 1. The Morgan fingerprint density at radius 2 is 2.25 bits per heavy atom. The van der Waals surface area contributed by atoms with Crippen LogP contribution in [0.2, 0.25) is 0 Å². The van der Waals surface area contributed by atoms with Crippen LogP contribution in [0.25, 0.3) is 0 Å². The summed E-state index contributed by atoms with van der Waals surface area (Å²) in [6.45, 7) is 1.27. The lowest BCUT2D eigenvalue weighted by molar-refractivity contribution is -0.387. The summed E-state index contributed by atoms with van der Waals surface area (Å²) >= 11 is 0. The molecule has 0 bridgehead atoms. The van der Waals surface area contributed by atoms with Gasteiger partial charge in [-0.15, -0.1) is 0 Å². The molecule has 1 aromatic rings. The van der Waals surface area contributed by atoms with E-state index in [2.05, 4.69) is 0 Å². The van der Waals surface area contributed by atoms with Gasteiger partial charge in [-0.2, -0.15) is 4.39 Å². The maximum atomic E-state index is 13.1. The minimum atomic E-state index is -1.21. The van der Waals surface area contributed by atoms with Gasteiger partial charge in [0.1, 0.15) is 5.75 Å². The van der Waals surface area contributed by atoms with E-state index in [1.54, 1.807) is 0 Å². The Kier molecular flexibility index (Phi) is 3.39. The van der Waals surface area contributed by atoms with Crippen molar-refractivity contribution >= 4 is 11.7 Å². The third-order valence-corrected chi connectivity index (χ3v) is 1.78. The number of carboxylic acids is 1. The van der Waals surface area contributed by atoms with Crippen LogP contribution in [-0.2, 0) is 4.79 Å². The van der Waals surface area contributed by atoms with E-state index in [9.17, 15) is 19.3 Å². The molecule has 0 aromatic heterocycles. The number of benzene rings is 1. The van der Waals surface area contributed by atoms with Crippen LogP contribution >= 0.6 is 0 Å². The zero-order valence-electron chi connectivity index (χ0n) is 8.21. The van der Waals surface area contributed by atoms with Crippen molar-refractivity contribution in [2.75, 3.05) is 0 Å². The number of hydrogen-bond acceptors (Lipinski definition) is 4. The van der Waals surface area contributed by atoms with Crippen LogP contribution in [0.1, 0.15) is 6.92 Å². The molecule has 0 radical (unpaired) electrons. The fourth-order valence-corrected chi connectivity index (χ4v) is 0.964. The fourth-order valence-electron chi connectivity index (χ4n) is 0.964. The Labute approximate surface area is 89.4 Å². The molecule has 0 saturated carbocycles. The molecule has 1 rings (SSSR count). The lowest BCUT2D eigenvalue weighted by Crippen LogP contribution is -2.22. The van der Waals surface area contributed by atoms with Gasteiger partial charge in [0.15, 0.2) is 6.10 Å². The normalized spacial score (nSPS) is 11.9. The SMILES string of the molecule is CC(Oc1ccc([N+](=O)[O-])c(F)c1)C(=O)O. The van der Waals surface area contributed by atoms with Crippen LogP contribution in [-0.4, -0.2) is 22.1 Å². The Morgan fingerprint density at radius 3 is 2.69 bits per heavy atom. The number of nitro groups is 1. The summed E-state index contributed by atoms with van der Waals surface area (Å²) in [6, 6.07) is 2.83. The Bertz CT molecular complexity index is 434. The predicted octanol–water partition coefficient (Wildman–Crippen LogP) is 1.59. The molecule has 1 atom stereocenters. The first-order chi connectivity index (χ1) is 7.41. The zero-order valence-corrected chi connectivity index (χ0v) is 8.21. The summed E-state index contributed by atoms with van der Waals surface area (Å²) in [5.41, 5.74) is -0.685. The highest BCUT2D eigenvalue weighted by Gasteiger charge is 2.17. The van der Waals surface area contributed by atoms with Gasteiger partial charge in [0, 0.05) is 12.1 Å². The first kappa shape index (κ1) is 11.9. The molecule has 6 nitrogen and oxygen atoms in total. The Morgan fingerprint density at radius 1 is 1.62 bits per heavy atom. The van der Waals surface area contributed by atoms with Crippen molar-refractivity contribution in [1.82, 2.24) is 0 Å². The van der Waals surface area contributed by atoms with Crippen LogP contribution in [0.4, 0.5) is 10.1 Å². The van der Waals surface area contributed by atoms with Gasteiger partial charge >= 0.3 is 11.7 Å². The van der Waals surface area contributed by atoms with E-state index in [1.807, 2.05) is 0 Å². The number of nitro benzene ring substituents is 1. The summed E-state index contributed by atoms with van der Waals surface area (Å²) in [7, 11) is 0. The van der Waals surface area contributed by atoms with Crippen LogP contribution < -0.4 is 4.74 Å². The average molecular weight is 229 g/mol. The summed E-state index contributed by atoms with van der Waals surface area (Å²) in [5, 5.41) is 18.8. The van der Waals surface area contributed by atoms with Gasteiger partial charge in [0.25, 0.3) is 0 Å². The lowest BCUT2D eigenvalue weighted by atomic mass is 10.3. The molecule has 0 aliphatic heterocycles. The zero-order chi connectivity index (χ0) is 12.3. The average Bonchev–Trinajstić information content (AvgIpc) is 2.16. The second-order valence-corrected chi connectivity index (χ2v) is 2.97. The first-order valence-corrected chi connectivity index (χ1v) is 4.25. The fraction of sp³-hybridized carbons (Fsp3) is 0.222. The minimum absolute atomic E-state index is 0.0713. The van der Waals surface area contributed by atoms with Crippen molar-refractivity contribution in [3.05, 3.63) is 34.1 Å². The van der Waals surface area contributed by atoms with Gasteiger partial charge in [-0.1, -0.05) is 0 Å². The molecule has 7 heteroatoms. The van der Waals surface area contributed by atoms with Crippen molar-refractivity contribution in [1.29, 1.82) is 0 Å². The van der Waals surface area contributed by atoms with Gasteiger partial charge in [-0.25, -0.2) is 4.79 Å². The monoisotopic (exact) mass is 229 g/mol. The van der Waals surface area contributed by atoms with Crippen molar-refractivity contribution in [3.63, 3.8) is 0 Å². The molecule has 0 amide bonds. The van der Waals surface area contributed by atoms with Crippen molar-refractivity contribution in [2.24, 2.45) is 0 Å². The molecule has 1 unspecified atom stereocenters. The predicted molar refractivity (Wildman–Crippen MR) is 50.8 cm³/mol. The number of rotatable bonds is 4. The van der Waals surface area contributed by atoms with Crippen LogP contribution in [0.3, 0.4) is 0 Å². The number of aliphatic carboxylic acids is 1. The van der Waals surface area contributed by atoms with Gasteiger partial charge in [-0.05, 0) is 13.0 Å². The molecule has 1 aromatic carbocycles. The summed E-state index contributed by atoms with van der Waals surface area (Å²) in [5.74, 6) is -2.35. The largest absolute Gasteiger partial charge is 0.479 e. The minimum Gasteiger partial charge on any atom is -0.479 e. The summed E-state index contributed by atoms with van der Waals surface area (Å²) in [4.78, 5) is 19.9. The molecule has 1 N–H and O–H groups in total. The van der Waals surface area contributed by atoms with Crippen LogP contribution in [0.5, 0.6) is 5.75 Å². The highest BCUT2D eigenvalue weighted by Crippen LogP contribution is 2.22. The van der Waals surface area contributed by atoms with Gasteiger partial charge in [0.2, 0.25) is 5.82 Å². The number of hydrogen-bond donors (Lipinski definition) is 1. The molecule has 0 aliphatic rings. The molecule has 0 aliphatic carbocycles. The third-order valence-electron chi connectivity index (χ3n) is 1.78. The standard InChI is InChI=1S/C9H8FNO5/c1-5(9(12)13)16-6-2-3-8(11(14)15)7(10)4-6/h2-5H,1H3,(H,12,13). The molecule has 0 fully saturated rings. The highest BCUT2D eigenvalue weighted by molar-refractivity contribution is 5.72. The quantitative estimate of drug-likeness (QED) is 0.625. The van der Waals surface area contributed by atoms with Crippen molar-refractivity contribution < 1.29 is 24.0 Å². The molecular formula is C9H8FNO5. The molecule has 16 heavy (non-hydrogen) atoms. The van der Waals surface area contributed by atoms with Crippen LogP contribution in [0.15, 0.2) is 18.2 Å². The van der Waals surface area contributed by atoms with E-state index in [0.29, 0.717) is 0 Å². The van der Waals surface area contributed by atoms with E-state index in [0.717, 1.165) is 18.2 Å². The second kappa shape index (κ2) is 4.56. The number of ether oxygens (including phenoxy) is 1. The maximum Gasteiger partial charge on any atom is 0.344 e. The lowest BCUT2D eigenvalue weighted by Gasteiger charge is -2.09. The van der Waals surface area contributed by atoms with Gasteiger partial charge in [-0.3, -0.25) is 10.1 Å². The molecule has 0 spiro atoms. The van der Waals surface area contributed by atoms with E-state index >= 15 is 0 Å². The maximum absolute atomic E-state index is 13.1. The second-order valence-electron chi connectivity index (χ2n) is 2.97. The van der Waals surface area contributed by atoms with Gasteiger partial charge < -0.3 is 9.84 Å². The van der Waals surface area contributed by atoms with E-state index in [4.69, 9.17) is 9.84 Å². The number of carboxylic acid groups (broad SMARTS) is 1. The molecule has 0 saturated heterocycles. The van der Waals surface area contributed by atoms with E-state index in [1.165, 1.54) is 6.92 Å². The van der Waals surface area contributed by atoms with Crippen molar-refractivity contribution in [3.8, 4) is 5.75 Å². The number of halogens is 1.